The van der Waals surface area contributed by atoms with Crippen molar-refractivity contribution in [1.29, 1.82) is 0 Å². The van der Waals surface area contributed by atoms with E-state index < -0.39 is 0 Å². The molecule has 2 N–H and O–H groups in total. The fraction of sp³-hybridized carbons (Fsp3) is 0.360. The number of rotatable bonds is 7. The Balaban J connectivity index is 1.29. The molecule has 0 atom stereocenters. The van der Waals surface area contributed by atoms with E-state index in [0.717, 1.165) is 55.3 Å². The maximum Gasteiger partial charge on any atom is 0.325 e. The predicted molar refractivity (Wildman–Crippen MR) is 133 cm³/mol. The molecular formula is C25H31N5OS. The molecule has 2 amide bonds. The van der Waals surface area contributed by atoms with Crippen molar-refractivity contribution in [2.24, 2.45) is 0 Å². The number of aryl methyl sites for hydroxylation is 1. The standard InChI is InChI=1S/C25H31N5OS/c1-3-26-25(31)28-32-21-7-4-6-20(18-21)12-13-29-14-16-30(17-15-29)24-9-5-8-23-22(24)11-10-19(2)27-23/h4-11,18H,3,12-17H2,1-2H3,(H2,26,28,31). The average Bonchev–Trinajstić information content (AvgIpc) is 2.82. The first kappa shape index (κ1) is 22.4. The Hall–Kier alpha value is -2.77. The highest BCUT2D eigenvalue weighted by molar-refractivity contribution is 7.98. The van der Waals surface area contributed by atoms with E-state index >= 15 is 0 Å². The molecule has 1 aliphatic heterocycles. The van der Waals surface area contributed by atoms with E-state index in [0.29, 0.717) is 6.54 Å². The molecule has 0 saturated carbocycles. The molecule has 1 aromatic heterocycles. The second-order valence-electron chi connectivity index (χ2n) is 8.09. The van der Waals surface area contributed by atoms with Gasteiger partial charge in [-0.15, -0.1) is 0 Å². The average molecular weight is 450 g/mol. The van der Waals surface area contributed by atoms with Gasteiger partial charge in [0, 0.05) is 60.9 Å². The van der Waals surface area contributed by atoms with Crippen LogP contribution in [-0.4, -0.2) is 55.2 Å². The highest BCUT2D eigenvalue weighted by atomic mass is 32.2. The molecule has 7 heteroatoms. The fourth-order valence-corrected chi connectivity index (χ4v) is 4.72. The van der Waals surface area contributed by atoms with E-state index in [4.69, 9.17) is 0 Å². The molecular weight excluding hydrogens is 418 g/mol. The van der Waals surface area contributed by atoms with Crippen LogP contribution in [0.1, 0.15) is 18.2 Å². The van der Waals surface area contributed by atoms with Crippen LogP contribution in [0.5, 0.6) is 0 Å². The zero-order valence-electron chi connectivity index (χ0n) is 18.8. The molecule has 1 fully saturated rings. The quantitative estimate of drug-likeness (QED) is 0.529. The molecule has 2 heterocycles. The Bertz CT molecular complexity index is 1070. The second kappa shape index (κ2) is 10.7. The van der Waals surface area contributed by atoms with Gasteiger partial charge < -0.3 is 10.2 Å². The summed E-state index contributed by atoms with van der Waals surface area (Å²) in [6, 6.07) is 19.0. The van der Waals surface area contributed by atoms with Gasteiger partial charge in [-0.25, -0.2) is 4.79 Å². The maximum atomic E-state index is 11.6. The van der Waals surface area contributed by atoms with Gasteiger partial charge in [0.05, 0.1) is 5.52 Å². The van der Waals surface area contributed by atoms with Crippen molar-refractivity contribution in [3.63, 3.8) is 0 Å². The number of benzene rings is 2. The largest absolute Gasteiger partial charge is 0.368 e. The van der Waals surface area contributed by atoms with E-state index in [9.17, 15) is 4.79 Å². The lowest BCUT2D eigenvalue weighted by atomic mass is 10.1. The smallest absolute Gasteiger partial charge is 0.325 e. The molecule has 1 aliphatic rings. The van der Waals surface area contributed by atoms with Crippen molar-refractivity contribution >= 4 is 34.6 Å². The van der Waals surface area contributed by atoms with Crippen molar-refractivity contribution < 1.29 is 4.79 Å². The van der Waals surface area contributed by atoms with E-state index in [-0.39, 0.29) is 6.03 Å². The summed E-state index contributed by atoms with van der Waals surface area (Å²) in [5, 5.41) is 3.98. The molecule has 0 unspecified atom stereocenters. The summed E-state index contributed by atoms with van der Waals surface area (Å²) in [5.41, 5.74) is 4.72. The van der Waals surface area contributed by atoms with Gasteiger partial charge in [-0.1, -0.05) is 18.2 Å². The summed E-state index contributed by atoms with van der Waals surface area (Å²) < 4.78 is 2.81. The Kier molecular flexibility index (Phi) is 7.50. The first-order valence-electron chi connectivity index (χ1n) is 11.3. The third-order valence-electron chi connectivity index (χ3n) is 5.78. The van der Waals surface area contributed by atoms with Gasteiger partial charge in [0.1, 0.15) is 0 Å². The van der Waals surface area contributed by atoms with Gasteiger partial charge >= 0.3 is 6.03 Å². The number of carbonyl (C=O) groups excluding carboxylic acids is 1. The van der Waals surface area contributed by atoms with E-state index in [1.165, 1.54) is 28.6 Å². The van der Waals surface area contributed by atoms with Crippen LogP contribution in [0.4, 0.5) is 10.5 Å². The molecule has 0 spiro atoms. The first-order chi connectivity index (χ1) is 15.6. The highest BCUT2D eigenvalue weighted by Crippen LogP contribution is 2.27. The minimum Gasteiger partial charge on any atom is -0.368 e. The Morgan fingerprint density at radius 2 is 1.88 bits per heavy atom. The third-order valence-corrected chi connectivity index (χ3v) is 6.55. The lowest BCUT2D eigenvalue weighted by molar-refractivity contribution is 0.247. The molecule has 32 heavy (non-hydrogen) atoms. The van der Waals surface area contributed by atoms with Crippen LogP contribution in [0.2, 0.25) is 0 Å². The lowest BCUT2D eigenvalue weighted by Crippen LogP contribution is -2.47. The third kappa shape index (κ3) is 5.72. The van der Waals surface area contributed by atoms with E-state index in [1.807, 2.05) is 19.9 Å². The molecule has 2 aromatic carbocycles. The number of carbonyl (C=O) groups is 1. The highest BCUT2D eigenvalue weighted by Gasteiger charge is 2.18. The Morgan fingerprint density at radius 1 is 1.06 bits per heavy atom. The van der Waals surface area contributed by atoms with Gasteiger partial charge in [0.15, 0.2) is 0 Å². The number of urea groups is 1. The molecule has 3 aromatic rings. The lowest BCUT2D eigenvalue weighted by Gasteiger charge is -2.36. The number of pyridine rings is 1. The van der Waals surface area contributed by atoms with Gasteiger partial charge in [-0.05, 0) is 74.2 Å². The number of amides is 2. The maximum absolute atomic E-state index is 11.6. The van der Waals surface area contributed by atoms with E-state index in [2.05, 4.69) is 73.4 Å². The van der Waals surface area contributed by atoms with Crippen LogP contribution in [0.15, 0.2) is 59.5 Å². The van der Waals surface area contributed by atoms with Crippen molar-refractivity contribution in [1.82, 2.24) is 19.9 Å². The molecule has 0 aliphatic carbocycles. The van der Waals surface area contributed by atoms with Crippen LogP contribution in [-0.2, 0) is 6.42 Å². The topological polar surface area (TPSA) is 60.5 Å². The fourth-order valence-electron chi connectivity index (χ4n) is 4.08. The van der Waals surface area contributed by atoms with Gasteiger partial charge in [0.2, 0.25) is 0 Å². The molecule has 168 valence electrons. The number of nitrogens with one attached hydrogen (secondary N) is 2. The number of aromatic nitrogens is 1. The molecule has 0 radical (unpaired) electrons. The number of anilines is 1. The van der Waals surface area contributed by atoms with Gasteiger partial charge in [-0.3, -0.25) is 14.6 Å². The summed E-state index contributed by atoms with van der Waals surface area (Å²) in [6.07, 6.45) is 1.01. The van der Waals surface area contributed by atoms with Crippen LogP contribution in [0.3, 0.4) is 0 Å². The summed E-state index contributed by atoms with van der Waals surface area (Å²) in [5.74, 6) is 0. The number of hydrogen-bond donors (Lipinski definition) is 2. The zero-order valence-corrected chi connectivity index (χ0v) is 19.6. The van der Waals surface area contributed by atoms with Crippen LogP contribution < -0.4 is 14.9 Å². The van der Waals surface area contributed by atoms with Crippen molar-refractivity contribution in [3.05, 3.63) is 65.9 Å². The summed E-state index contributed by atoms with van der Waals surface area (Å²) in [6.45, 7) is 9.78. The second-order valence-corrected chi connectivity index (χ2v) is 8.97. The Morgan fingerprint density at radius 3 is 2.69 bits per heavy atom. The monoisotopic (exact) mass is 449 g/mol. The minimum atomic E-state index is -0.155. The van der Waals surface area contributed by atoms with Crippen LogP contribution >= 0.6 is 11.9 Å². The minimum absolute atomic E-state index is 0.155. The molecule has 6 nitrogen and oxygen atoms in total. The molecule has 4 rings (SSSR count). The number of hydrogen-bond acceptors (Lipinski definition) is 5. The summed E-state index contributed by atoms with van der Waals surface area (Å²) >= 11 is 1.36. The first-order valence-corrected chi connectivity index (χ1v) is 12.1. The molecule has 0 bridgehead atoms. The Labute approximate surface area is 194 Å². The van der Waals surface area contributed by atoms with Crippen molar-refractivity contribution in [2.45, 2.75) is 25.2 Å². The van der Waals surface area contributed by atoms with Crippen molar-refractivity contribution in [2.75, 3.05) is 44.2 Å². The number of piperazine rings is 1. The summed E-state index contributed by atoms with van der Waals surface area (Å²) in [4.78, 5) is 22.4. The normalized spacial score (nSPS) is 14.5. The number of fused-ring (bicyclic) bond motifs is 1. The van der Waals surface area contributed by atoms with Crippen molar-refractivity contribution in [3.8, 4) is 0 Å². The van der Waals surface area contributed by atoms with Crippen LogP contribution in [0.25, 0.3) is 10.9 Å². The molecule has 1 saturated heterocycles. The van der Waals surface area contributed by atoms with E-state index in [1.54, 1.807) is 0 Å². The van der Waals surface area contributed by atoms with Gasteiger partial charge in [0.25, 0.3) is 0 Å². The number of nitrogens with zero attached hydrogens (tertiary/aromatic N) is 3. The van der Waals surface area contributed by atoms with Crippen LogP contribution in [0, 0.1) is 6.92 Å². The SMILES string of the molecule is CCNC(=O)NSc1cccc(CCN2CCN(c3cccc4nc(C)ccc34)CC2)c1. The predicted octanol–water partition coefficient (Wildman–Crippen LogP) is 4.23. The zero-order chi connectivity index (χ0) is 22.3. The van der Waals surface area contributed by atoms with Gasteiger partial charge in [-0.2, -0.15) is 0 Å². The summed E-state index contributed by atoms with van der Waals surface area (Å²) in [7, 11) is 0.